The molecule has 3 unspecified atom stereocenters. The summed E-state index contributed by atoms with van der Waals surface area (Å²) in [5.74, 6) is 0.315. The number of halogens is 2. The number of alkyl halides is 2. The average Bonchev–Trinajstić information content (AvgIpc) is 2.62. The normalized spacial score (nSPS) is 34.8. The fraction of sp³-hybridized carbons (Fsp3) is 0.909. The maximum atomic E-state index is 12.0. The van der Waals surface area contributed by atoms with Crippen molar-refractivity contribution in [2.75, 3.05) is 13.6 Å². The molecule has 16 heavy (non-hydrogen) atoms. The molecule has 0 aromatic rings. The summed E-state index contributed by atoms with van der Waals surface area (Å²) in [6.07, 6.45) is 2.83. The van der Waals surface area contributed by atoms with Crippen molar-refractivity contribution in [2.24, 2.45) is 5.92 Å². The fourth-order valence-corrected chi connectivity index (χ4v) is 3.15. The Balaban J connectivity index is 1.83. The second kappa shape index (κ2) is 4.35. The maximum absolute atomic E-state index is 12.0. The smallest absolute Gasteiger partial charge is 0.237 e. The lowest BCUT2D eigenvalue weighted by molar-refractivity contribution is -0.125. The molecule has 2 aliphatic rings. The van der Waals surface area contributed by atoms with E-state index in [-0.39, 0.29) is 23.9 Å². The van der Waals surface area contributed by atoms with Crippen LogP contribution in [-0.2, 0) is 4.79 Å². The van der Waals surface area contributed by atoms with Crippen LogP contribution in [-0.4, -0.2) is 40.8 Å². The number of likely N-dealkylation sites (tertiary alicyclic amines) is 1. The molecule has 1 amide bonds. The molecule has 1 aliphatic carbocycles. The van der Waals surface area contributed by atoms with Crippen molar-refractivity contribution in [3.63, 3.8) is 0 Å². The van der Waals surface area contributed by atoms with Gasteiger partial charge in [0.05, 0.1) is 6.04 Å². The van der Waals surface area contributed by atoms with E-state index in [0.717, 1.165) is 25.8 Å². The van der Waals surface area contributed by atoms with Gasteiger partial charge in [-0.15, -0.1) is 23.2 Å². The Labute approximate surface area is 106 Å². The molecule has 3 atom stereocenters. The minimum absolute atomic E-state index is 0.0289. The van der Waals surface area contributed by atoms with Crippen molar-refractivity contribution < 1.29 is 4.79 Å². The van der Waals surface area contributed by atoms with Crippen molar-refractivity contribution in [2.45, 2.75) is 42.6 Å². The highest BCUT2D eigenvalue weighted by Crippen LogP contribution is 2.54. The van der Waals surface area contributed by atoms with Gasteiger partial charge in [0.1, 0.15) is 4.33 Å². The molecular formula is C11H18Cl2N2O. The van der Waals surface area contributed by atoms with Gasteiger partial charge in [-0.3, -0.25) is 9.69 Å². The Bertz CT molecular complexity index is 296. The van der Waals surface area contributed by atoms with Gasteiger partial charge in [-0.1, -0.05) is 0 Å². The van der Waals surface area contributed by atoms with Gasteiger partial charge in [-0.05, 0) is 39.8 Å². The molecule has 3 nitrogen and oxygen atoms in total. The highest BCUT2D eigenvalue weighted by molar-refractivity contribution is 6.50. The van der Waals surface area contributed by atoms with Crippen LogP contribution in [0.5, 0.6) is 0 Å². The summed E-state index contributed by atoms with van der Waals surface area (Å²) in [4.78, 5) is 14.1. The summed E-state index contributed by atoms with van der Waals surface area (Å²) in [6, 6.07) is 0.0951. The van der Waals surface area contributed by atoms with E-state index >= 15 is 0 Å². The molecule has 1 N–H and O–H groups in total. The van der Waals surface area contributed by atoms with E-state index in [1.165, 1.54) is 0 Å². The molecule has 2 fully saturated rings. The number of hydrogen-bond donors (Lipinski definition) is 1. The van der Waals surface area contributed by atoms with Crippen LogP contribution in [0.1, 0.15) is 26.2 Å². The summed E-state index contributed by atoms with van der Waals surface area (Å²) < 4.78 is -0.617. The van der Waals surface area contributed by atoms with E-state index in [2.05, 4.69) is 10.2 Å². The number of nitrogens with zero attached hydrogens (tertiary/aromatic N) is 1. The number of likely N-dealkylation sites (N-methyl/N-ethyl adjacent to an activating group) is 1. The van der Waals surface area contributed by atoms with Crippen molar-refractivity contribution in [1.82, 2.24) is 10.2 Å². The van der Waals surface area contributed by atoms with Crippen LogP contribution in [0.25, 0.3) is 0 Å². The van der Waals surface area contributed by atoms with Crippen LogP contribution in [0.15, 0.2) is 0 Å². The predicted molar refractivity (Wildman–Crippen MR) is 65.8 cm³/mol. The van der Waals surface area contributed by atoms with Crippen LogP contribution in [0, 0.1) is 5.92 Å². The molecule has 5 heteroatoms. The minimum Gasteiger partial charge on any atom is -0.352 e. The summed E-state index contributed by atoms with van der Waals surface area (Å²) in [5, 5.41) is 3.02. The maximum Gasteiger partial charge on any atom is 0.237 e. The van der Waals surface area contributed by atoms with Crippen molar-refractivity contribution >= 4 is 29.1 Å². The zero-order chi connectivity index (χ0) is 11.9. The predicted octanol–water partition coefficient (Wildman–Crippen LogP) is 1.78. The van der Waals surface area contributed by atoms with Crippen LogP contribution < -0.4 is 5.32 Å². The van der Waals surface area contributed by atoms with Crippen LogP contribution in [0.4, 0.5) is 0 Å². The molecule has 1 saturated heterocycles. The van der Waals surface area contributed by atoms with Gasteiger partial charge in [0.2, 0.25) is 5.91 Å². The Morgan fingerprint density at radius 2 is 2.19 bits per heavy atom. The van der Waals surface area contributed by atoms with Crippen molar-refractivity contribution in [3.8, 4) is 0 Å². The lowest BCUT2D eigenvalue weighted by Gasteiger charge is -2.22. The Kier molecular flexibility index (Phi) is 3.39. The minimum atomic E-state index is -0.617. The molecule has 92 valence electrons. The summed E-state index contributed by atoms with van der Waals surface area (Å²) >= 11 is 12.0. The van der Waals surface area contributed by atoms with E-state index < -0.39 is 4.33 Å². The number of amides is 1. The van der Waals surface area contributed by atoms with Crippen molar-refractivity contribution in [3.05, 3.63) is 0 Å². The van der Waals surface area contributed by atoms with Crippen LogP contribution >= 0.6 is 23.2 Å². The van der Waals surface area contributed by atoms with E-state index in [0.29, 0.717) is 0 Å². The monoisotopic (exact) mass is 264 g/mol. The first-order chi connectivity index (χ1) is 7.42. The van der Waals surface area contributed by atoms with E-state index in [1.807, 2.05) is 14.0 Å². The third-order valence-electron chi connectivity index (χ3n) is 3.67. The van der Waals surface area contributed by atoms with E-state index in [1.54, 1.807) is 0 Å². The summed E-state index contributed by atoms with van der Waals surface area (Å²) in [5.41, 5.74) is 0. The third kappa shape index (κ3) is 2.47. The first kappa shape index (κ1) is 12.5. The topological polar surface area (TPSA) is 32.3 Å². The lowest BCUT2D eigenvalue weighted by atomic mass is 10.1. The van der Waals surface area contributed by atoms with Gasteiger partial charge in [0, 0.05) is 12.0 Å². The van der Waals surface area contributed by atoms with Gasteiger partial charge >= 0.3 is 0 Å². The van der Waals surface area contributed by atoms with Gasteiger partial charge in [-0.2, -0.15) is 0 Å². The Morgan fingerprint density at radius 3 is 2.62 bits per heavy atom. The zero-order valence-corrected chi connectivity index (χ0v) is 11.2. The van der Waals surface area contributed by atoms with Gasteiger partial charge < -0.3 is 5.32 Å². The van der Waals surface area contributed by atoms with Crippen LogP contribution in [0.3, 0.4) is 0 Å². The highest BCUT2D eigenvalue weighted by atomic mass is 35.5. The number of carbonyl (C=O) groups excluding carboxylic acids is 1. The number of hydrogen-bond acceptors (Lipinski definition) is 2. The largest absolute Gasteiger partial charge is 0.352 e. The Morgan fingerprint density at radius 1 is 1.56 bits per heavy atom. The average molecular weight is 265 g/mol. The van der Waals surface area contributed by atoms with Crippen molar-refractivity contribution in [1.29, 1.82) is 0 Å². The molecule has 2 rings (SSSR count). The highest BCUT2D eigenvalue weighted by Gasteiger charge is 2.54. The second-order valence-electron chi connectivity index (χ2n) is 5.01. The molecule has 0 aromatic carbocycles. The number of rotatable bonds is 3. The Hall–Kier alpha value is 0.01000. The molecular weight excluding hydrogens is 247 g/mol. The van der Waals surface area contributed by atoms with E-state index in [9.17, 15) is 4.79 Å². The zero-order valence-electron chi connectivity index (χ0n) is 9.67. The molecule has 1 aliphatic heterocycles. The van der Waals surface area contributed by atoms with Gasteiger partial charge in [0.15, 0.2) is 0 Å². The van der Waals surface area contributed by atoms with E-state index in [4.69, 9.17) is 23.2 Å². The van der Waals surface area contributed by atoms with Gasteiger partial charge in [0.25, 0.3) is 0 Å². The first-order valence-electron chi connectivity index (χ1n) is 5.80. The van der Waals surface area contributed by atoms with Gasteiger partial charge in [-0.25, -0.2) is 0 Å². The summed E-state index contributed by atoms with van der Waals surface area (Å²) in [6.45, 7) is 2.98. The molecule has 0 spiro atoms. The molecule has 0 aromatic heterocycles. The standard InChI is InChI=1S/C11H18Cl2N2O/c1-7(8-6-11(8,12)13)14-10(16)9-4-3-5-15(9)2/h7-9H,3-6H2,1-2H3,(H,14,16). The first-order valence-corrected chi connectivity index (χ1v) is 6.56. The second-order valence-corrected chi connectivity index (χ2v) is 6.55. The SMILES string of the molecule is CC(NC(=O)C1CCCN1C)C1CC1(Cl)Cl. The summed E-state index contributed by atoms with van der Waals surface area (Å²) in [7, 11) is 1.99. The molecule has 1 heterocycles. The quantitative estimate of drug-likeness (QED) is 0.789. The fourth-order valence-electron chi connectivity index (χ4n) is 2.44. The molecule has 0 bridgehead atoms. The third-order valence-corrected chi connectivity index (χ3v) is 4.54. The number of nitrogens with one attached hydrogen (secondary N) is 1. The van der Waals surface area contributed by atoms with Crippen LogP contribution in [0.2, 0.25) is 0 Å². The number of carbonyl (C=O) groups is 1. The lowest BCUT2D eigenvalue weighted by Crippen LogP contribution is -2.46. The molecule has 1 saturated carbocycles. The molecule has 0 radical (unpaired) electrons.